The maximum atomic E-state index is 14.0. The van der Waals surface area contributed by atoms with E-state index in [1.165, 1.54) is 0 Å². The lowest BCUT2D eigenvalue weighted by atomic mass is 9.71. The van der Waals surface area contributed by atoms with Crippen LogP contribution in [0.25, 0.3) is 0 Å². The molecule has 2 atom stereocenters. The van der Waals surface area contributed by atoms with Crippen molar-refractivity contribution in [2.45, 2.75) is 24.7 Å². The average molecular weight is 487 g/mol. The topological polar surface area (TPSA) is 112 Å². The Morgan fingerprint density at radius 1 is 0.865 bits per heavy atom. The maximum Gasteiger partial charge on any atom is 0.231 e. The van der Waals surface area contributed by atoms with E-state index in [1.54, 1.807) is 29.2 Å². The Morgan fingerprint density at radius 3 is 2.41 bits per heavy atom. The van der Waals surface area contributed by atoms with E-state index in [-0.39, 0.29) is 29.9 Å². The fourth-order valence-electron chi connectivity index (χ4n) is 5.55. The number of carbonyl (C=O) groups is 1. The van der Waals surface area contributed by atoms with Crippen molar-refractivity contribution in [3.8, 4) is 23.6 Å². The van der Waals surface area contributed by atoms with Crippen molar-refractivity contribution in [2.24, 2.45) is 5.73 Å². The highest BCUT2D eigenvalue weighted by atomic mass is 16.7. The van der Waals surface area contributed by atoms with Crippen LogP contribution in [0, 0.1) is 22.7 Å². The standard InChI is InChI=1S/C30H22N4O3/c31-15-20-8-4-5-9-23(20)34-24-12-21(18-6-2-1-3-7-18)13-25(35)29(24)28(22(16-32)30(34)33)19-10-11-26-27(14-19)37-17-36-26/h1-11,14,21,28H,12-13,17,33H2/t21-,28+/m0/s1. The molecule has 2 heterocycles. The molecule has 2 N–H and O–H groups in total. The summed E-state index contributed by atoms with van der Waals surface area (Å²) in [7, 11) is 0. The van der Waals surface area contributed by atoms with Crippen LogP contribution in [0.5, 0.6) is 11.5 Å². The lowest BCUT2D eigenvalue weighted by molar-refractivity contribution is -0.116. The van der Waals surface area contributed by atoms with Gasteiger partial charge in [0.25, 0.3) is 0 Å². The largest absolute Gasteiger partial charge is 0.454 e. The van der Waals surface area contributed by atoms with Gasteiger partial charge in [0.2, 0.25) is 6.79 Å². The van der Waals surface area contributed by atoms with Crippen LogP contribution in [-0.2, 0) is 4.79 Å². The molecule has 2 aliphatic heterocycles. The zero-order valence-electron chi connectivity index (χ0n) is 19.8. The van der Waals surface area contributed by atoms with E-state index in [0.29, 0.717) is 46.9 Å². The molecule has 3 aromatic rings. The predicted molar refractivity (Wildman–Crippen MR) is 136 cm³/mol. The van der Waals surface area contributed by atoms with E-state index < -0.39 is 5.92 Å². The minimum Gasteiger partial charge on any atom is -0.454 e. The SMILES string of the molecule is N#CC1=C(N)N(c2ccccc2C#N)C2=C(C(=O)C[C@@H](c3ccccc3)C2)[C@@H]1c1ccc2c(c1)OCO2. The molecule has 0 spiro atoms. The summed E-state index contributed by atoms with van der Waals surface area (Å²) in [5.41, 5.74) is 11.0. The molecule has 0 saturated heterocycles. The molecule has 37 heavy (non-hydrogen) atoms. The van der Waals surface area contributed by atoms with Gasteiger partial charge in [-0.05, 0) is 47.7 Å². The van der Waals surface area contributed by atoms with E-state index in [9.17, 15) is 15.3 Å². The molecule has 0 radical (unpaired) electrons. The van der Waals surface area contributed by atoms with Crippen molar-refractivity contribution in [1.82, 2.24) is 0 Å². The van der Waals surface area contributed by atoms with Gasteiger partial charge in [-0.3, -0.25) is 9.69 Å². The smallest absolute Gasteiger partial charge is 0.231 e. The van der Waals surface area contributed by atoms with E-state index in [1.807, 2.05) is 48.5 Å². The second kappa shape index (κ2) is 8.89. The zero-order valence-corrected chi connectivity index (χ0v) is 19.8. The van der Waals surface area contributed by atoms with Gasteiger partial charge in [-0.25, -0.2) is 0 Å². The first kappa shape index (κ1) is 22.5. The van der Waals surface area contributed by atoms with Crippen molar-refractivity contribution in [2.75, 3.05) is 11.7 Å². The first-order valence-electron chi connectivity index (χ1n) is 12.0. The number of benzene rings is 3. The van der Waals surface area contributed by atoms with Crippen LogP contribution in [-0.4, -0.2) is 12.6 Å². The highest BCUT2D eigenvalue weighted by molar-refractivity contribution is 6.02. The monoisotopic (exact) mass is 486 g/mol. The number of Topliss-reactive ketones (excluding diaryl/α,β-unsaturated/α-hetero) is 1. The number of nitrogens with two attached hydrogens (primary N) is 1. The summed E-state index contributed by atoms with van der Waals surface area (Å²) in [6.45, 7) is 0.122. The second-order valence-corrected chi connectivity index (χ2v) is 9.22. The molecule has 0 saturated carbocycles. The van der Waals surface area contributed by atoms with Gasteiger partial charge >= 0.3 is 0 Å². The number of fused-ring (bicyclic) bond motifs is 1. The van der Waals surface area contributed by atoms with Gasteiger partial charge in [-0.2, -0.15) is 10.5 Å². The molecular weight excluding hydrogens is 464 g/mol. The Kier molecular flexibility index (Phi) is 5.40. The second-order valence-electron chi connectivity index (χ2n) is 9.22. The third-order valence-electron chi connectivity index (χ3n) is 7.23. The molecule has 7 nitrogen and oxygen atoms in total. The van der Waals surface area contributed by atoms with Gasteiger partial charge in [0.1, 0.15) is 11.9 Å². The van der Waals surface area contributed by atoms with Crippen LogP contribution in [0.2, 0.25) is 0 Å². The number of para-hydroxylation sites is 1. The summed E-state index contributed by atoms with van der Waals surface area (Å²) < 4.78 is 11.0. The van der Waals surface area contributed by atoms with E-state index in [2.05, 4.69) is 12.1 Å². The fraction of sp³-hybridized carbons (Fsp3) is 0.167. The molecule has 7 heteroatoms. The van der Waals surface area contributed by atoms with Crippen LogP contribution >= 0.6 is 0 Å². The number of hydrogen-bond acceptors (Lipinski definition) is 7. The van der Waals surface area contributed by atoms with Crippen LogP contribution in [0.1, 0.15) is 41.4 Å². The van der Waals surface area contributed by atoms with Crippen LogP contribution in [0.15, 0.2) is 95.5 Å². The maximum absolute atomic E-state index is 14.0. The Morgan fingerprint density at radius 2 is 1.62 bits per heavy atom. The molecule has 0 amide bonds. The Hall–Kier alpha value is -5.01. The molecule has 3 aromatic carbocycles. The zero-order chi connectivity index (χ0) is 25.5. The first-order valence-corrected chi connectivity index (χ1v) is 12.0. The van der Waals surface area contributed by atoms with E-state index >= 15 is 0 Å². The number of rotatable bonds is 3. The summed E-state index contributed by atoms with van der Waals surface area (Å²) in [6, 6.07) is 27.0. The minimum atomic E-state index is -0.649. The summed E-state index contributed by atoms with van der Waals surface area (Å²) in [4.78, 5) is 15.7. The number of ether oxygens (including phenoxy) is 2. The molecule has 0 fully saturated rings. The fourth-order valence-corrected chi connectivity index (χ4v) is 5.55. The number of allylic oxidation sites excluding steroid dienone is 3. The number of carbonyl (C=O) groups excluding carboxylic acids is 1. The van der Waals surface area contributed by atoms with Crippen molar-refractivity contribution < 1.29 is 14.3 Å². The summed E-state index contributed by atoms with van der Waals surface area (Å²) in [5.74, 6) is 0.652. The summed E-state index contributed by atoms with van der Waals surface area (Å²) in [5, 5.41) is 20.2. The molecule has 180 valence electrons. The van der Waals surface area contributed by atoms with Gasteiger partial charge in [0.15, 0.2) is 17.3 Å². The third kappa shape index (κ3) is 3.61. The van der Waals surface area contributed by atoms with Crippen molar-refractivity contribution in [3.63, 3.8) is 0 Å². The number of hydrogen-bond donors (Lipinski definition) is 1. The quantitative estimate of drug-likeness (QED) is 0.555. The molecule has 0 unspecified atom stereocenters. The number of ketones is 1. The highest BCUT2D eigenvalue weighted by Crippen LogP contribution is 2.50. The molecular formula is C30H22N4O3. The number of nitrogens with zero attached hydrogens (tertiary/aromatic N) is 3. The first-order chi connectivity index (χ1) is 18.1. The lowest BCUT2D eigenvalue weighted by Gasteiger charge is -2.41. The molecule has 1 aliphatic carbocycles. The normalized spacial score (nSPS) is 20.4. The molecule has 0 bridgehead atoms. The van der Waals surface area contributed by atoms with E-state index in [0.717, 1.165) is 11.1 Å². The third-order valence-corrected chi connectivity index (χ3v) is 7.23. The van der Waals surface area contributed by atoms with Crippen molar-refractivity contribution >= 4 is 11.5 Å². The van der Waals surface area contributed by atoms with Crippen LogP contribution < -0.4 is 20.1 Å². The summed E-state index contributed by atoms with van der Waals surface area (Å²) >= 11 is 0. The average Bonchev–Trinajstić information content (AvgIpc) is 3.41. The minimum absolute atomic E-state index is 0.0440. The lowest BCUT2D eigenvalue weighted by Crippen LogP contribution is -2.40. The van der Waals surface area contributed by atoms with Crippen molar-refractivity contribution in [1.29, 1.82) is 10.5 Å². The van der Waals surface area contributed by atoms with Gasteiger partial charge in [-0.15, -0.1) is 0 Å². The van der Waals surface area contributed by atoms with Gasteiger partial charge in [0, 0.05) is 17.7 Å². The van der Waals surface area contributed by atoms with Crippen molar-refractivity contribution in [3.05, 3.63) is 112 Å². The highest BCUT2D eigenvalue weighted by Gasteiger charge is 2.43. The van der Waals surface area contributed by atoms with E-state index in [4.69, 9.17) is 15.2 Å². The Labute approximate surface area is 214 Å². The molecule has 6 rings (SSSR count). The number of anilines is 1. The van der Waals surface area contributed by atoms with Crippen LogP contribution in [0.4, 0.5) is 5.69 Å². The number of nitriles is 2. The Balaban J connectivity index is 1.58. The Bertz CT molecular complexity index is 1580. The predicted octanol–water partition coefficient (Wildman–Crippen LogP) is 4.99. The van der Waals surface area contributed by atoms with Gasteiger partial charge < -0.3 is 15.2 Å². The molecule has 3 aliphatic rings. The van der Waals surface area contributed by atoms with Gasteiger partial charge in [0.05, 0.1) is 28.8 Å². The summed E-state index contributed by atoms with van der Waals surface area (Å²) in [6.07, 6.45) is 0.849. The molecule has 0 aromatic heterocycles. The van der Waals surface area contributed by atoms with Gasteiger partial charge in [-0.1, -0.05) is 48.5 Å². The van der Waals surface area contributed by atoms with Crippen LogP contribution in [0.3, 0.4) is 0 Å².